The topological polar surface area (TPSA) is 76.5 Å². The molecule has 7 nitrogen and oxygen atoms in total. The molecule has 2 amide bonds. The summed E-state index contributed by atoms with van der Waals surface area (Å²) in [5, 5.41) is 3.77. The second kappa shape index (κ2) is 8.04. The van der Waals surface area contributed by atoms with Gasteiger partial charge in [0.25, 0.3) is 5.91 Å². The fraction of sp³-hybridized carbons (Fsp3) is 0.500. The van der Waals surface area contributed by atoms with Crippen LogP contribution in [0, 0.1) is 5.92 Å². The van der Waals surface area contributed by atoms with Crippen LogP contribution in [0.2, 0.25) is 5.02 Å². The van der Waals surface area contributed by atoms with Gasteiger partial charge in [0.05, 0.1) is 25.2 Å². The minimum absolute atomic E-state index is 0.00836. The highest BCUT2D eigenvalue weighted by Crippen LogP contribution is 2.29. The molecule has 0 spiro atoms. The number of benzene rings is 1. The Morgan fingerprint density at radius 2 is 1.83 bits per heavy atom. The molecule has 0 radical (unpaired) electrons. The second-order valence-corrected chi connectivity index (χ2v) is 8.83. The van der Waals surface area contributed by atoms with E-state index in [0.29, 0.717) is 55.8 Å². The van der Waals surface area contributed by atoms with Crippen LogP contribution in [0.15, 0.2) is 30.6 Å². The average Bonchev–Trinajstić information content (AvgIpc) is 3.49. The van der Waals surface area contributed by atoms with E-state index in [-0.39, 0.29) is 23.8 Å². The van der Waals surface area contributed by atoms with Crippen LogP contribution < -0.4 is 5.32 Å². The molecule has 158 valence electrons. The molecule has 0 unspecified atom stereocenters. The number of ether oxygens (including phenoxy) is 1. The van der Waals surface area contributed by atoms with Gasteiger partial charge in [0, 0.05) is 30.1 Å². The number of hydrogen-bond acceptors (Lipinski definition) is 4. The molecule has 2 aromatic rings. The zero-order chi connectivity index (χ0) is 20.7. The van der Waals surface area contributed by atoms with E-state index in [4.69, 9.17) is 16.3 Å². The lowest BCUT2D eigenvalue weighted by molar-refractivity contribution is -0.126. The highest BCUT2D eigenvalue weighted by Gasteiger charge is 2.33. The van der Waals surface area contributed by atoms with Gasteiger partial charge in [-0.25, -0.2) is 4.98 Å². The van der Waals surface area contributed by atoms with Crippen molar-refractivity contribution in [1.29, 1.82) is 0 Å². The third-order valence-electron chi connectivity index (χ3n) is 6.25. The molecule has 2 aliphatic heterocycles. The second-order valence-electron chi connectivity index (χ2n) is 8.39. The van der Waals surface area contributed by atoms with E-state index < -0.39 is 0 Å². The van der Waals surface area contributed by atoms with Crippen LogP contribution in [0.25, 0.3) is 0 Å². The predicted molar refractivity (Wildman–Crippen MR) is 111 cm³/mol. The molecule has 0 bridgehead atoms. The van der Waals surface area contributed by atoms with Gasteiger partial charge in [0.15, 0.2) is 5.69 Å². The summed E-state index contributed by atoms with van der Waals surface area (Å²) in [5.41, 5.74) is 2.34. The lowest BCUT2D eigenvalue weighted by atomic mass is 9.95. The number of halogens is 1. The summed E-state index contributed by atoms with van der Waals surface area (Å²) < 4.78 is 8.04. The highest BCUT2D eigenvalue weighted by molar-refractivity contribution is 6.30. The van der Waals surface area contributed by atoms with Gasteiger partial charge in [-0.05, 0) is 43.4 Å². The molecule has 5 rings (SSSR count). The number of likely N-dealkylation sites (tertiary alicyclic amines) is 1. The maximum absolute atomic E-state index is 13.1. The molecule has 1 saturated heterocycles. The number of aromatic nitrogens is 2. The largest absolute Gasteiger partial charge is 0.365 e. The van der Waals surface area contributed by atoms with E-state index in [1.807, 2.05) is 33.7 Å². The summed E-state index contributed by atoms with van der Waals surface area (Å²) in [7, 11) is 0. The summed E-state index contributed by atoms with van der Waals surface area (Å²) in [6.45, 7) is 2.12. The number of rotatable bonds is 4. The van der Waals surface area contributed by atoms with E-state index in [9.17, 15) is 9.59 Å². The first-order valence-electron chi connectivity index (χ1n) is 10.6. The molecular formula is C22H25ClN4O3. The van der Waals surface area contributed by atoms with Crippen LogP contribution in [0.3, 0.4) is 0 Å². The lowest BCUT2D eigenvalue weighted by Gasteiger charge is -2.31. The first-order chi connectivity index (χ1) is 14.6. The average molecular weight is 429 g/mol. The molecule has 2 fully saturated rings. The number of carbonyl (C=O) groups is 2. The molecule has 3 heterocycles. The van der Waals surface area contributed by atoms with Crippen LogP contribution >= 0.6 is 11.6 Å². The predicted octanol–water partition coefficient (Wildman–Crippen LogP) is 2.94. The van der Waals surface area contributed by atoms with Gasteiger partial charge in [-0.15, -0.1) is 0 Å². The molecule has 1 atom stereocenters. The van der Waals surface area contributed by atoms with Crippen molar-refractivity contribution in [3.63, 3.8) is 0 Å². The molecular weight excluding hydrogens is 404 g/mol. The van der Waals surface area contributed by atoms with E-state index in [1.54, 1.807) is 6.33 Å². The molecule has 1 N–H and O–H groups in total. The lowest BCUT2D eigenvalue weighted by Crippen LogP contribution is -2.43. The number of piperidine rings is 1. The van der Waals surface area contributed by atoms with Gasteiger partial charge in [-0.2, -0.15) is 0 Å². The number of amides is 2. The van der Waals surface area contributed by atoms with Gasteiger partial charge in [-0.3, -0.25) is 9.59 Å². The molecule has 1 aliphatic carbocycles. The van der Waals surface area contributed by atoms with Crippen molar-refractivity contribution < 1.29 is 14.3 Å². The zero-order valence-electron chi connectivity index (χ0n) is 16.7. The smallest absolute Gasteiger partial charge is 0.274 e. The summed E-state index contributed by atoms with van der Waals surface area (Å²) in [6, 6.07) is 8.01. The fourth-order valence-corrected chi connectivity index (χ4v) is 4.35. The summed E-state index contributed by atoms with van der Waals surface area (Å²) in [5.74, 6) is 0.0815. The monoisotopic (exact) mass is 428 g/mol. The van der Waals surface area contributed by atoms with Crippen molar-refractivity contribution in [2.24, 2.45) is 5.92 Å². The van der Waals surface area contributed by atoms with Crippen LogP contribution in [0.1, 0.15) is 53.5 Å². The number of imidazole rings is 1. The molecule has 30 heavy (non-hydrogen) atoms. The molecule has 3 aliphatic rings. The number of hydrogen-bond donors (Lipinski definition) is 1. The summed E-state index contributed by atoms with van der Waals surface area (Å²) >= 11 is 5.97. The normalized spacial score (nSPS) is 21.9. The Labute approximate surface area is 180 Å². The van der Waals surface area contributed by atoms with E-state index in [0.717, 1.165) is 24.1 Å². The quantitative estimate of drug-likeness (QED) is 0.812. The molecule has 1 aromatic carbocycles. The number of carbonyl (C=O) groups excluding carboxylic acids is 2. The van der Waals surface area contributed by atoms with Crippen molar-refractivity contribution in [3.8, 4) is 0 Å². The van der Waals surface area contributed by atoms with Gasteiger partial charge in [0.1, 0.15) is 6.10 Å². The van der Waals surface area contributed by atoms with Gasteiger partial charge in [-0.1, -0.05) is 23.7 Å². The molecule has 1 saturated carbocycles. The third kappa shape index (κ3) is 3.96. The van der Waals surface area contributed by atoms with Gasteiger partial charge in [0.2, 0.25) is 5.91 Å². The summed E-state index contributed by atoms with van der Waals surface area (Å²) in [4.78, 5) is 31.5. The van der Waals surface area contributed by atoms with Crippen LogP contribution in [-0.2, 0) is 22.7 Å². The van der Waals surface area contributed by atoms with Gasteiger partial charge < -0.3 is 19.5 Å². The molecule has 8 heteroatoms. The number of nitrogens with zero attached hydrogens (tertiary/aromatic N) is 3. The van der Waals surface area contributed by atoms with Crippen molar-refractivity contribution in [2.45, 2.75) is 51.0 Å². The standard InChI is InChI=1S/C22H25ClN4O3/c23-16-3-1-14(2-4-16)19-11-27-13-24-20(18(27)12-30-19)22(29)26-9-7-15(8-10-26)21(28)25-17-5-6-17/h1-4,13,15,17,19H,5-12H2,(H,25,28)/t19-/m1/s1. The van der Waals surface area contributed by atoms with Crippen molar-refractivity contribution >= 4 is 23.4 Å². The van der Waals surface area contributed by atoms with E-state index in [1.165, 1.54) is 0 Å². The van der Waals surface area contributed by atoms with Crippen LogP contribution in [0.5, 0.6) is 0 Å². The number of nitrogens with one attached hydrogen (secondary N) is 1. The Morgan fingerprint density at radius 3 is 2.53 bits per heavy atom. The Bertz CT molecular complexity index is 946. The van der Waals surface area contributed by atoms with E-state index >= 15 is 0 Å². The minimum atomic E-state index is -0.0901. The first-order valence-corrected chi connectivity index (χ1v) is 11.0. The van der Waals surface area contributed by atoms with E-state index in [2.05, 4.69) is 10.3 Å². The van der Waals surface area contributed by atoms with Crippen LogP contribution in [0.4, 0.5) is 0 Å². The third-order valence-corrected chi connectivity index (χ3v) is 6.50. The van der Waals surface area contributed by atoms with Crippen LogP contribution in [-0.4, -0.2) is 45.4 Å². The van der Waals surface area contributed by atoms with Crippen molar-refractivity contribution in [2.75, 3.05) is 13.1 Å². The Hall–Kier alpha value is -2.38. The summed E-state index contributed by atoms with van der Waals surface area (Å²) in [6.07, 6.45) is 5.23. The minimum Gasteiger partial charge on any atom is -0.365 e. The Balaban J connectivity index is 1.22. The Morgan fingerprint density at radius 1 is 1.10 bits per heavy atom. The maximum Gasteiger partial charge on any atom is 0.274 e. The maximum atomic E-state index is 13.1. The highest BCUT2D eigenvalue weighted by atomic mass is 35.5. The first kappa shape index (κ1) is 19.6. The zero-order valence-corrected chi connectivity index (χ0v) is 17.5. The van der Waals surface area contributed by atoms with Gasteiger partial charge >= 0.3 is 0 Å². The Kier molecular flexibility index (Phi) is 5.25. The molecule has 1 aromatic heterocycles. The fourth-order valence-electron chi connectivity index (χ4n) is 4.23. The van der Waals surface area contributed by atoms with Crippen molar-refractivity contribution in [1.82, 2.24) is 19.8 Å². The number of fused-ring (bicyclic) bond motifs is 1. The SMILES string of the molecule is O=C(NC1CC1)C1CCN(C(=O)c2ncn3c2CO[C@@H](c2ccc(Cl)cc2)C3)CC1. The van der Waals surface area contributed by atoms with Crippen molar-refractivity contribution in [3.05, 3.63) is 52.6 Å².